The van der Waals surface area contributed by atoms with Gasteiger partial charge in [-0.15, -0.1) is 0 Å². The van der Waals surface area contributed by atoms with E-state index in [0.29, 0.717) is 24.2 Å². The van der Waals surface area contributed by atoms with Crippen molar-refractivity contribution in [2.75, 3.05) is 11.9 Å². The number of carboxylic acids is 1. The van der Waals surface area contributed by atoms with Crippen LogP contribution in [0.4, 0.5) is 5.69 Å². The summed E-state index contributed by atoms with van der Waals surface area (Å²) in [6.45, 7) is 3.80. The van der Waals surface area contributed by atoms with Crippen LogP contribution >= 0.6 is 0 Å². The van der Waals surface area contributed by atoms with Crippen LogP contribution in [-0.2, 0) is 9.59 Å². The van der Waals surface area contributed by atoms with Gasteiger partial charge in [-0.2, -0.15) is 0 Å². The first kappa shape index (κ1) is 17.7. The number of aryl methyl sites for hydroxylation is 1. The van der Waals surface area contributed by atoms with Crippen molar-refractivity contribution in [3.05, 3.63) is 29.3 Å². The maximum atomic E-state index is 11.8. The molecule has 0 atom stereocenters. The summed E-state index contributed by atoms with van der Waals surface area (Å²) in [4.78, 5) is 33.4. The summed E-state index contributed by atoms with van der Waals surface area (Å²) in [5, 5.41) is 14.4. The molecule has 0 saturated carbocycles. The molecule has 1 aromatic rings. The number of benzene rings is 1. The SMILES string of the molecule is CC(=O)NCCCCCC(=O)Nc1ccc(C(=O)O)c(C)c1. The van der Waals surface area contributed by atoms with E-state index in [0.717, 1.165) is 19.3 Å². The van der Waals surface area contributed by atoms with E-state index < -0.39 is 5.97 Å². The number of rotatable bonds is 8. The third-order valence-electron chi connectivity index (χ3n) is 3.20. The Morgan fingerprint density at radius 3 is 2.45 bits per heavy atom. The predicted molar refractivity (Wildman–Crippen MR) is 83.9 cm³/mol. The Labute approximate surface area is 129 Å². The summed E-state index contributed by atoms with van der Waals surface area (Å²) >= 11 is 0. The van der Waals surface area contributed by atoms with Gasteiger partial charge < -0.3 is 15.7 Å². The molecule has 0 unspecified atom stereocenters. The molecule has 1 rings (SSSR count). The summed E-state index contributed by atoms with van der Waals surface area (Å²) in [7, 11) is 0. The molecule has 0 radical (unpaired) electrons. The molecule has 3 N–H and O–H groups in total. The minimum Gasteiger partial charge on any atom is -0.478 e. The Morgan fingerprint density at radius 2 is 1.86 bits per heavy atom. The van der Waals surface area contributed by atoms with Gasteiger partial charge in [-0.05, 0) is 43.5 Å². The van der Waals surface area contributed by atoms with Gasteiger partial charge in [0.2, 0.25) is 11.8 Å². The number of carboxylic acid groups (broad SMARTS) is 1. The molecule has 0 aliphatic rings. The quantitative estimate of drug-likeness (QED) is 0.642. The molecule has 2 amide bonds. The van der Waals surface area contributed by atoms with Crippen LogP contribution in [0.1, 0.15) is 48.5 Å². The second-order valence-electron chi connectivity index (χ2n) is 5.18. The molecule has 1 aromatic carbocycles. The van der Waals surface area contributed by atoms with Crippen molar-refractivity contribution in [2.24, 2.45) is 0 Å². The van der Waals surface area contributed by atoms with Gasteiger partial charge >= 0.3 is 5.97 Å². The van der Waals surface area contributed by atoms with Gasteiger partial charge in [0.25, 0.3) is 0 Å². The van der Waals surface area contributed by atoms with Gasteiger partial charge in [0, 0.05) is 25.6 Å². The molecule has 0 aliphatic heterocycles. The fourth-order valence-corrected chi connectivity index (χ4v) is 2.06. The zero-order chi connectivity index (χ0) is 16.5. The minimum atomic E-state index is -0.977. The zero-order valence-electron chi connectivity index (χ0n) is 12.9. The van der Waals surface area contributed by atoms with Crippen LogP contribution in [0.5, 0.6) is 0 Å². The van der Waals surface area contributed by atoms with Gasteiger partial charge in [0.15, 0.2) is 0 Å². The third kappa shape index (κ3) is 6.39. The van der Waals surface area contributed by atoms with Crippen molar-refractivity contribution in [1.29, 1.82) is 0 Å². The topological polar surface area (TPSA) is 95.5 Å². The number of carbonyl (C=O) groups is 3. The highest BCUT2D eigenvalue weighted by atomic mass is 16.4. The molecule has 22 heavy (non-hydrogen) atoms. The lowest BCUT2D eigenvalue weighted by Gasteiger charge is -2.08. The monoisotopic (exact) mass is 306 g/mol. The maximum Gasteiger partial charge on any atom is 0.335 e. The summed E-state index contributed by atoms with van der Waals surface area (Å²) in [6.07, 6.45) is 2.86. The first-order valence-electron chi connectivity index (χ1n) is 7.28. The average Bonchev–Trinajstić information content (AvgIpc) is 2.42. The Bertz CT molecular complexity index is 555. The Kier molecular flexibility index (Phi) is 7.08. The van der Waals surface area contributed by atoms with E-state index in [1.54, 1.807) is 19.1 Å². The van der Waals surface area contributed by atoms with E-state index in [2.05, 4.69) is 10.6 Å². The Hall–Kier alpha value is -2.37. The molecule has 0 heterocycles. The van der Waals surface area contributed by atoms with E-state index in [4.69, 9.17) is 5.11 Å². The second kappa shape index (κ2) is 8.81. The van der Waals surface area contributed by atoms with Crippen molar-refractivity contribution in [1.82, 2.24) is 5.32 Å². The number of hydrogen-bond donors (Lipinski definition) is 3. The summed E-state index contributed by atoms with van der Waals surface area (Å²) < 4.78 is 0. The molecule has 120 valence electrons. The number of nitrogens with one attached hydrogen (secondary N) is 2. The van der Waals surface area contributed by atoms with E-state index in [1.165, 1.54) is 13.0 Å². The van der Waals surface area contributed by atoms with Crippen molar-refractivity contribution >= 4 is 23.5 Å². The first-order valence-corrected chi connectivity index (χ1v) is 7.28. The van der Waals surface area contributed by atoms with E-state index in [1.807, 2.05) is 0 Å². The molecular weight excluding hydrogens is 284 g/mol. The van der Waals surface area contributed by atoms with Crippen LogP contribution in [0.2, 0.25) is 0 Å². The highest BCUT2D eigenvalue weighted by molar-refractivity contribution is 5.93. The summed E-state index contributed by atoms with van der Waals surface area (Å²) in [5.74, 6) is -1.12. The lowest BCUT2D eigenvalue weighted by molar-refractivity contribution is -0.119. The van der Waals surface area contributed by atoms with Crippen LogP contribution in [0.25, 0.3) is 0 Å². The molecule has 0 aromatic heterocycles. The number of anilines is 1. The van der Waals surface area contributed by atoms with Gasteiger partial charge in [-0.1, -0.05) is 6.42 Å². The second-order valence-corrected chi connectivity index (χ2v) is 5.18. The maximum absolute atomic E-state index is 11.8. The number of carbonyl (C=O) groups excluding carboxylic acids is 2. The average molecular weight is 306 g/mol. The number of hydrogen-bond acceptors (Lipinski definition) is 3. The Morgan fingerprint density at radius 1 is 1.14 bits per heavy atom. The largest absolute Gasteiger partial charge is 0.478 e. The van der Waals surface area contributed by atoms with Crippen LogP contribution in [-0.4, -0.2) is 29.4 Å². The fourth-order valence-electron chi connectivity index (χ4n) is 2.06. The smallest absolute Gasteiger partial charge is 0.335 e. The highest BCUT2D eigenvalue weighted by Gasteiger charge is 2.08. The number of aromatic carboxylic acids is 1. The molecule has 0 fully saturated rings. The molecule has 0 aliphatic carbocycles. The third-order valence-corrected chi connectivity index (χ3v) is 3.20. The summed E-state index contributed by atoms with van der Waals surface area (Å²) in [5.41, 5.74) is 1.45. The normalized spacial score (nSPS) is 10.1. The molecular formula is C16H22N2O4. The van der Waals surface area contributed by atoms with Crippen LogP contribution in [0.15, 0.2) is 18.2 Å². The molecule has 0 spiro atoms. The molecule has 6 nitrogen and oxygen atoms in total. The van der Waals surface area contributed by atoms with Gasteiger partial charge in [0.05, 0.1) is 5.56 Å². The van der Waals surface area contributed by atoms with E-state index >= 15 is 0 Å². The lowest BCUT2D eigenvalue weighted by Crippen LogP contribution is -2.20. The standard InChI is InChI=1S/C16H22N2O4/c1-11-10-13(7-8-14(11)16(21)22)18-15(20)6-4-3-5-9-17-12(2)19/h7-8,10H,3-6,9H2,1-2H3,(H,17,19)(H,18,20)(H,21,22). The van der Waals surface area contributed by atoms with Crippen molar-refractivity contribution < 1.29 is 19.5 Å². The van der Waals surface area contributed by atoms with Crippen LogP contribution < -0.4 is 10.6 Å². The van der Waals surface area contributed by atoms with Crippen molar-refractivity contribution in [3.63, 3.8) is 0 Å². The van der Waals surface area contributed by atoms with Gasteiger partial charge in [-0.3, -0.25) is 9.59 Å². The van der Waals surface area contributed by atoms with E-state index in [9.17, 15) is 14.4 Å². The number of amides is 2. The fraction of sp³-hybridized carbons (Fsp3) is 0.438. The number of unbranched alkanes of at least 4 members (excludes halogenated alkanes) is 2. The lowest BCUT2D eigenvalue weighted by atomic mass is 10.1. The first-order chi connectivity index (χ1) is 10.4. The summed E-state index contributed by atoms with van der Waals surface area (Å²) in [6, 6.07) is 4.73. The highest BCUT2D eigenvalue weighted by Crippen LogP contribution is 2.15. The van der Waals surface area contributed by atoms with E-state index in [-0.39, 0.29) is 17.4 Å². The van der Waals surface area contributed by atoms with Crippen molar-refractivity contribution in [2.45, 2.75) is 39.5 Å². The molecule has 0 bridgehead atoms. The van der Waals surface area contributed by atoms with Gasteiger partial charge in [-0.25, -0.2) is 4.79 Å². The van der Waals surface area contributed by atoms with Crippen molar-refractivity contribution in [3.8, 4) is 0 Å². The Balaban J connectivity index is 2.32. The minimum absolute atomic E-state index is 0.0436. The molecule has 6 heteroatoms. The van der Waals surface area contributed by atoms with Crippen LogP contribution in [0.3, 0.4) is 0 Å². The van der Waals surface area contributed by atoms with Gasteiger partial charge in [0.1, 0.15) is 0 Å². The predicted octanol–water partition coefficient (Wildman–Crippen LogP) is 2.33. The molecule has 0 saturated heterocycles. The van der Waals surface area contributed by atoms with Crippen LogP contribution in [0, 0.1) is 6.92 Å². The zero-order valence-corrected chi connectivity index (χ0v) is 12.9.